The Morgan fingerprint density at radius 1 is 0.522 bits per heavy atom. The van der Waals surface area contributed by atoms with Gasteiger partial charge in [-0.2, -0.15) is 0 Å². The van der Waals surface area contributed by atoms with E-state index >= 15 is 0 Å². The topological polar surface area (TPSA) is 34.7 Å². The average molecular weight is 433 g/mol. The minimum atomic E-state index is -0.542. The van der Waals surface area contributed by atoms with Gasteiger partial charge in [-0.15, -0.1) is 0 Å². The van der Waals surface area contributed by atoms with E-state index in [2.05, 4.69) is 99.7 Å². The summed E-state index contributed by atoms with van der Waals surface area (Å²) in [6.45, 7) is 20.5. The molecule has 0 fully saturated rings. The Morgan fingerprint density at radius 2 is 0.696 bits per heavy atom. The van der Waals surface area contributed by atoms with Crippen LogP contribution in [0.3, 0.4) is 0 Å². The minimum absolute atomic E-state index is 0. The van der Waals surface area contributed by atoms with Gasteiger partial charge in [-0.25, -0.2) is 0 Å². The van der Waals surface area contributed by atoms with E-state index in [9.17, 15) is 0 Å². The van der Waals surface area contributed by atoms with E-state index in [0.29, 0.717) is 0 Å². The van der Waals surface area contributed by atoms with Crippen LogP contribution in [0, 0.1) is 0 Å². The Morgan fingerprint density at radius 3 is 0.739 bits per heavy atom. The maximum Gasteiger partial charge on any atom is 4.00 e. The molecule has 23 heavy (non-hydrogen) atoms. The van der Waals surface area contributed by atoms with Crippen molar-refractivity contribution < 1.29 is 17.4 Å². The predicted octanol–water partition coefficient (Wildman–Crippen LogP) is 2.76. The zero-order valence-corrected chi connectivity index (χ0v) is 23.8. The van der Waals surface area contributed by atoms with Gasteiger partial charge in [-0.3, -0.25) is 0 Å². The van der Waals surface area contributed by atoms with Crippen molar-refractivity contribution in [3.05, 3.63) is 9.30 Å². The molecule has 0 aromatic carbocycles. The first-order valence-electron chi connectivity index (χ1n) is 8.57. The molecule has 140 valence electrons. The molecular formula is C14H44CrN4Si4+2. The van der Waals surface area contributed by atoms with Crippen molar-refractivity contribution in [1.29, 1.82) is 0 Å². The van der Waals surface area contributed by atoms with E-state index < -0.39 is 35.8 Å². The van der Waals surface area contributed by atoms with Crippen LogP contribution in [0.5, 0.6) is 0 Å². The van der Waals surface area contributed by atoms with Crippen LogP contribution in [0.4, 0.5) is 0 Å². The van der Waals surface area contributed by atoms with Crippen LogP contribution in [0.25, 0.3) is 9.30 Å². The SMILES string of the molecule is CN(C)CCN(C)C.C[SiH](C)[N-][SiH](C)C.C[SiH](C)[N-][SiH](C)C.[Cr+4]. The number of likely N-dealkylation sites (N-methyl/N-ethyl adjacent to an activating group) is 2. The molecule has 0 unspecified atom stereocenters. The van der Waals surface area contributed by atoms with Gasteiger partial charge in [-0.1, -0.05) is 88.2 Å². The summed E-state index contributed by atoms with van der Waals surface area (Å²) < 4.78 is 9.11. The third kappa shape index (κ3) is 51.7. The maximum absolute atomic E-state index is 4.56. The Bertz CT molecular complexity index is 185. The summed E-state index contributed by atoms with van der Waals surface area (Å²) in [6.07, 6.45) is 0. The van der Waals surface area contributed by atoms with E-state index in [-0.39, 0.29) is 17.4 Å². The van der Waals surface area contributed by atoms with Gasteiger partial charge in [0.2, 0.25) is 0 Å². The van der Waals surface area contributed by atoms with Crippen LogP contribution >= 0.6 is 0 Å². The van der Waals surface area contributed by atoms with Crippen molar-refractivity contribution in [2.45, 2.75) is 52.4 Å². The third-order valence-electron chi connectivity index (χ3n) is 2.19. The maximum atomic E-state index is 4.56. The van der Waals surface area contributed by atoms with Crippen molar-refractivity contribution in [2.75, 3.05) is 41.3 Å². The van der Waals surface area contributed by atoms with E-state index in [1.807, 2.05) is 0 Å². The molecule has 0 aromatic rings. The van der Waals surface area contributed by atoms with E-state index in [4.69, 9.17) is 0 Å². The fourth-order valence-electron chi connectivity index (χ4n) is 1.59. The predicted molar refractivity (Wildman–Crippen MR) is 119 cm³/mol. The fourth-order valence-corrected chi connectivity index (χ4v) is 11.1. The van der Waals surface area contributed by atoms with Crippen molar-refractivity contribution in [3.8, 4) is 0 Å². The van der Waals surface area contributed by atoms with Crippen molar-refractivity contribution >= 4 is 35.8 Å². The Kier molecular flexibility index (Phi) is 29.6. The summed E-state index contributed by atoms with van der Waals surface area (Å²) in [6, 6.07) is 0. The molecule has 0 spiro atoms. The molecule has 0 rings (SSSR count). The third-order valence-corrected chi connectivity index (χ3v) is 11.7. The van der Waals surface area contributed by atoms with Crippen LogP contribution in [0.2, 0.25) is 52.4 Å². The first kappa shape index (κ1) is 32.0. The van der Waals surface area contributed by atoms with Gasteiger partial charge in [0, 0.05) is 13.1 Å². The molecule has 0 heterocycles. The van der Waals surface area contributed by atoms with Gasteiger partial charge < -0.3 is 19.1 Å². The molecule has 0 radical (unpaired) electrons. The summed E-state index contributed by atoms with van der Waals surface area (Å²) in [5.74, 6) is 0. The number of hydrogen-bond donors (Lipinski definition) is 0. The molecule has 0 atom stereocenters. The largest absolute Gasteiger partial charge is 4.00 e. The second-order valence-electron chi connectivity index (χ2n) is 7.28. The minimum Gasteiger partial charge on any atom is -0.672 e. The van der Waals surface area contributed by atoms with Crippen molar-refractivity contribution in [1.82, 2.24) is 9.80 Å². The zero-order valence-electron chi connectivity index (χ0n) is 17.9. The summed E-state index contributed by atoms with van der Waals surface area (Å²) >= 11 is 0. The second kappa shape index (κ2) is 21.3. The van der Waals surface area contributed by atoms with Crippen molar-refractivity contribution in [3.63, 3.8) is 0 Å². The van der Waals surface area contributed by atoms with Crippen LogP contribution in [0.15, 0.2) is 0 Å². The second-order valence-corrected chi connectivity index (χ2v) is 18.4. The standard InChI is InChI=1S/C6H16N2.2C4H14NSi2.Cr/c1-7(2)5-6-8(3)4;2*1-6(2)5-7(3)4;/h5-6H2,1-4H3;2*6-7H,1-4H3;/q;2*-1;+4. The molecule has 0 aliphatic rings. The zero-order chi connectivity index (χ0) is 18.3. The van der Waals surface area contributed by atoms with Gasteiger partial charge in [0.05, 0.1) is 0 Å². The molecule has 4 nitrogen and oxygen atoms in total. The van der Waals surface area contributed by atoms with Crippen LogP contribution in [0.1, 0.15) is 0 Å². The van der Waals surface area contributed by atoms with Crippen molar-refractivity contribution in [2.24, 2.45) is 0 Å². The molecule has 0 aliphatic carbocycles. The normalized spacial score (nSPS) is 10.7. The summed E-state index contributed by atoms with van der Waals surface area (Å²) in [4.78, 5) is 4.36. The van der Waals surface area contributed by atoms with E-state index in [1.54, 1.807) is 0 Å². The first-order valence-corrected chi connectivity index (χ1v) is 19.9. The average Bonchev–Trinajstić information content (AvgIpc) is 2.23. The fraction of sp³-hybridized carbons (Fsp3) is 1.00. The summed E-state index contributed by atoms with van der Waals surface area (Å²) in [5.41, 5.74) is 0. The molecule has 0 bridgehead atoms. The van der Waals surface area contributed by atoms with Gasteiger partial charge in [-0.05, 0) is 28.2 Å². The summed E-state index contributed by atoms with van der Waals surface area (Å²) in [7, 11) is 6.18. The first-order chi connectivity index (χ1) is 9.88. The Labute approximate surface area is 165 Å². The molecule has 0 N–H and O–H groups in total. The molecule has 9 heteroatoms. The number of rotatable bonds is 7. The number of nitrogens with zero attached hydrogens (tertiary/aromatic N) is 4. The quantitative estimate of drug-likeness (QED) is 0.580. The molecule has 0 amide bonds. The van der Waals surface area contributed by atoms with Crippen LogP contribution in [-0.4, -0.2) is 86.9 Å². The monoisotopic (exact) mass is 432 g/mol. The van der Waals surface area contributed by atoms with Gasteiger partial charge >= 0.3 is 17.4 Å². The van der Waals surface area contributed by atoms with Crippen LogP contribution in [-0.2, 0) is 17.4 Å². The smallest absolute Gasteiger partial charge is 0.672 e. The van der Waals surface area contributed by atoms with Gasteiger partial charge in [0.25, 0.3) is 0 Å². The Hall–Kier alpha value is 1.24. The molecular weight excluding hydrogens is 389 g/mol. The molecule has 0 saturated heterocycles. The molecule has 0 aliphatic heterocycles. The molecule has 0 saturated carbocycles. The van der Waals surface area contributed by atoms with E-state index in [0.717, 1.165) is 13.1 Å². The molecule has 0 aromatic heterocycles. The summed E-state index contributed by atoms with van der Waals surface area (Å²) in [5, 5.41) is 0. The van der Waals surface area contributed by atoms with Crippen LogP contribution < -0.4 is 0 Å². The van der Waals surface area contributed by atoms with E-state index in [1.165, 1.54) is 0 Å². The van der Waals surface area contributed by atoms with Gasteiger partial charge in [0.15, 0.2) is 0 Å². The Balaban J connectivity index is -0.000000116. The van der Waals surface area contributed by atoms with Gasteiger partial charge in [0.1, 0.15) is 0 Å². The number of hydrogen-bond acceptors (Lipinski definition) is 2.